The highest BCUT2D eigenvalue weighted by Crippen LogP contribution is 2.07. The van der Waals surface area contributed by atoms with E-state index in [1.54, 1.807) is 0 Å². The van der Waals surface area contributed by atoms with Crippen molar-refractivity contribution in [3.63, 3.8) is 0 Å². The molecule has 0 unspecified atom stereocenters. The van der Waals surface area contributed by atoms with Gasteiger partial charge in [-0.05, 0) is 23.6 Å². The first kappa shape index (κ1) is 9.54. The molecular formula is C12H13N. The fraction of sp³-hybridized carbons (Fsp3) is 0.250. The van der Waals surface area contributed by atoms with Gasteiger partial charge in [-0.3, -0.25) is 0 Å². The largest absolute Gasteiger partial charge is 0.192 e. The molecule has 0 atom stereocenters. The van der Waals surface area contributed by atoms with Gasteiger partial charge in [-0.1, -0.05) is 38.1 Å². The van der Waals surface area contributed by atoms with Gasteiger partial charge in [-0.2, -0.15) is 5.26 Å². The van der Waals surface area contributed by atoms with E-state index in [2.05, 4.69) is 32.1 Å². The molecule has 0 spiro atoms. The first-order valence-electron chi connectivity index (χ1n) is 4.41. The van der Waals surface area contributed by atoms with Crippen LogP contribution in [0.15, 0.2) is 30.3 Å². The van der Waals surface area contributed by atoms with Crippen LogP contribution in [0.4, 0.5) is 0 Å². The Morgan fingerprint density at radius 1 is 1.23 bits per heavy atom. The van der Waals surface area contributed by atoms with Crippen molar-refractivity contribution < 1.29 is 0 Å². The zero-order valence-electron chi connectivity index (χ0n) is 7.99. The molecule has 0 amide bonds. The van der Waals surface area contributed by atoms with Crippen LogP contribution in [0.3, 0.4) is 0 Å². The fourth-order valence-corrected chi connectivity index (χ4v) is 0.972. The minimum atomic E-state index is 0.565. The summed E-state index contributed by atoms with van der Waals surface area (Å²) in [5.74, 6) is 0.565. The molecule has 0 aliphatic rings. The molecule has 0 saturated carbocycles. The van der Waals surface area contributed by atoms with E-state index in [-0.39, 0.29) is 0 Å². The second-order valence-corrected chi connectivity index (χ2v) is 3.34. The van der Waals surface area contributed by atoms with Crippen LogP contribution in [0.2, 0.25) is 0 Å². The molecule has 0 N–H and O–H groups in total. The van der Waals surface area contributed by atoms with E-state index in [9.17, 15) is 0 Å². The average Bonchev–Trinajstić information content (AvgIpc) is 2.15. The summed E-state index contributed by atoms with van der Waals surface area (Å²) in [4.78, 5) is 0. The molecule has 0 aliphatic carbocycles. The van der Waals surface area contributed by atoms with Crippen LogP contribution < -0.4 is 0 Å². The Morgan fingerprint density at radius 2 is 1.85 bits per heavy atom. The summed E-state index contributed by atoms with van der Waals surface area (Å²) in [5.41, 5.74) is 1.86. The molecule has 0 heterocycles. The van der Waals surface area contributed by atoms with Crippen molar-refractivity contribution >= 4 is 6.08 Å². The summed E-state index contributed by atoms with van der Waals surface area (Å²) >= 11 is 0. The van der Waals surface area contributed by atoms with Crippen LogP contribution in [-0.2, 0) is 0 Å². The topological polar surface area (TPSA) is 23.8 Å². The Labute approximate surface area is 79.3 Å². The van der Waals surface area contributed by atoms with Crippen molar-refractivity contribution in [2.75, 3.05) is 0 Å². The number of benzene rings is 1. The Morgan fingerprint density at radius 3 is 2.31 bits per heavy atom. The monoisotopic (exact) mass is 171 g/mol. The minimum absolute atomic E-state index is 0.565. The van der Waals surface area contributed by atoms with Gasteiger partial charge in [0.25, 0.3) is 0 Å². The van der Waals surface area contributed by atoms with Gasteiger partial charge in [-0.25, -0.2) is 0 Å². The van der Waals surface area contributed by atoms with Crippen LogP contribution in [-0.4, -0.2) is 0 Å². The molecule has 0 fully saturated rings. The summed E-state index contributed by atoms with van der Waals surface area (Å²) in [6.45, 7) is 4.28. The molecule has 1 aromatic rings. The zero-order chi connectivity index (χ0) is 9.68. The number of nitrogens with zero attached hydrogens (tertiary/aromatic N) is 1. The summed E-state index contributed by atoms with van der Waals surface area (Å²) in [6.07, 6.45) is 4.22. The van der Waals surface area contributed by atoms with Gasteiger partial charge in [0.2, 0.25) is 0 Å². The van der Waals surface area contributed by atoms with Crippen molar-refractivity contribution in [3.8, 4) is 6.07 Å². The molecule has 13 heavy (non-hydrogen) atoms. The molecule has 1 aromatic carbocycles. The Bertz CT molecular complexity index is 325. The number of allylic oxidation sites excluding steroid dienone is 1. The number of hydrogen-bond donors (Lipinski definition) is 0. The third kappa shape index (κ3) is 3.13. The molecule has 1 nitrogen and oxygen atoms in total. The molecule has 0 saturated heterocycles. The van der Waals surface area contributed by atoms with Crippen molar-refractivity contribution in [2.45, 2.75) is 13.8 Å². The van der Waals surface area contributed by atoms with Crippen LogP contribution in [0.25, 0.3) is 6.08 Å². The highest BCUT2D eigenvalue weighted by molar-refractivity contribution is 5.51. The molecule has 1 heteroatoms. The van der Waals surface area contributed by atoms with E-state index in [4.69, 9.17) is 5.26 Å². The van der Waals surface area contributed by atoms with Gasteiger partial charge in [0, 0.05) is 0 Å². The fourth-order valence-electron chi connectivity index (χ4n) is 0.972. The molecular weight excluding hydrogens is 158 g/mol. The third-order valence-electron chi connectivity index (χ3n) is 1.71. The van der Waals surface area contributed by atoms with E-state index < -0.39 is 0 Å². The average molecular weight is 171 g/mol. The third-order valence-corrected chi connectivity index (χ3v) is 1.71. The van der Waals surface area contributed by atoms with Gasteiger partial charge < -0.3 is 0 Å². The smallest absolute Gasteiger partial charge is 0.0991 e. The van der Waals surface area contributed by atoms with Gasteiger partial charge in [-0.15, -0.1) is 0 Å². The highest BCUT2D eigenvalue weighted by Gasteiger charge is 1.89. The maximum absolute atomic E-state index is 8.58. The Hall–Kier alpha value is -1.55. The summed E-state index contributed by atoms with van der Waals surface area (Å²) in [6, 6.07) is 9.67. The van der Waals surface area contributed by atoms with E-state index in [0.29, 0.717) is 11.5 Å². The van der Waals surface area contributed by atoms with Crippen LogP contribution in [0.1, 0.15) is 25.0 Å². The standard InChI is InChI=1S/C12H13N/c1-10(2)3-4-11-5-7-12(9-13)8-6-11/h3-8,10H,1-2H3/b4-3+. The highest BCUT2D eigenvalue weighted by atomic mass is 14.2. The lowest BCUT2D eigenvalue weighted by atomic mass is 10.1. The molecule has 66 valence electrons. The molecule has 0 bridgehead atoms. The lowest BCUT2D eigenvalue weighted by Gasteiger charge is -1.95. The van der Waals surface area contributed by atoms with Crippen LogP contribution >= 0.6 is 0 Å². The second-order valence-electron chi connectivity index (χ2n) is 3.34. The van der Waals surface area contributed by atoms with Gasteiger partial charge in [0.1, 0.15) is 0 Å². The maximum Gasteiger partial charge on any atom is 0.0991 e. The Balaban J connectivity index is 2.76. The van der Waals surface area contributed by atoms with Crippen LogP contribution in [0, 0.1) is 17.2 Å². The van der Waals surface area contributed by atoms with Crippen molar-refractivity contribution in [1.29, 1.82) is 5.26 Å². The SMILES string of the molecule is CC(C)/C=C/c1ccc(C#N)cc1. The number of nitriles is 1. The van der Waals surface area contributed by atoms with E-state index in [0.717, 1.165) is 5.56 Å². The molecule has 1 rings (SSSR count). The minimum Gasteiger partial charge on any atom is -0.192 e. The first-order valence-corrected chi connectivity index (χ1v) is 4.41. The number of hydrogen-bond acceptors (Lipinski definition) is 1. The lowest BCUT2D eigenvalue weighted by molar-refractivity contribution is 0.836. The zero-order valence-corrected chi connectivity index (χ0v) is 7.99. The quantitative estimate of drug-likeness (QED) is 0.670. The predicted molar refractivity (Wildman–Crippen MR) is 55.0 cm³/mol. The maximum atomic E-state index is 8.58. The molecule has 0 aliphatic heterocycles. The summed E-state index contributed by atoms with van der Waals surface area (Å²) < 4.78 is 0. The second kappa shape index (κ2) is 4.47. The molecule has 0 aromatic heterocycles. The van der Waals surface area contributed by atoms with E-state index in [1.165, 1.54) is 0 Å². The number of rotatable bonds is 2. The van der Waals surface area contributed by atoms with E-state index in [1.807, 2.05) is 24.3 Å². The van der Waals surface area contributed by atoms with Crippen LogP contribution in [0.5, 0.6) is 0 Å². The first-order chi connectivity index (χ1) is 6.22. The van der Waals surface area contributed by atoms with Crippen molar-refractivity contribution in [1.82, 2.24) is 0 Å². The van der Waals surface area contributed by atoms with Gasteiger partial charge in [0.15, 0.2) is 0 Å². The lowest BCUT2D eigenvalue weighted by Crippen LogP contribution is -1.78. The summed E-state index contributed by atoms with van der Waals surface area (Å²) in [7, 11) is 0. The molecule has 0 radical (unpaired) electrons. The van der Waals surface area contributed by atoms with Crippen molar-refractivity contribution in [2.24, 2.45) is 5.92 Å². The van der Waals surface area contributed by atoms with Gasteiger partial charge >= 0.3 is 0 Å². The van der Waals surface area contributed by atoms with Crippen molar-refractivity contribution in [3.05, 3.63) is 41.5 Å². The normalized spacial score (nSPS) is 10.6. The predicted octanol–water partition coefficient (Wildman–Crippen LogP) is 3.23. The Kier molecular flexibility index (Phi) is 3.28. The van der Waals surface area contributed by atoms with Gasteiger partial charge in [0.05, 0.1) is 11.6 Å². The summed E-state index contributed by atoms with van der Waals surface area (Å²) in [5, 5.41) is 8.58. The van der Waals surface area contributed by atoms with E-state index >= 15 is 0 Å².